The minimum Gasteiger partial charge on any atom is -0.279 e. The number of alkyl halides is 1. The minimum absolute atomic E-state index is 0.0602. The third kappa shape index (κ3) is 3.96. The number of aliphatic imine (C=N–C) groups is 1. The molecule has 0 saturated carbocycles. The molecule has 0 bridgehead atoms. The molecule has 1 atom stereocenters. The molecular formula is C4H8ClN. The van der Waals surface area contributed by atoms with Gasteiger partial charge < -0.3 is 0 Å². The lowest BCUT2D eigenvalue weighted by molar-refractivity contribution is 1.04. The Labute approximate surface area is 43.0 Å². The summed E-state index contributed by atoms with van der Waals surface area (Å²) in [6.07, 6.45) is 1.69. The second-order valence-corrected chi connectivity index (χ2v) is 1.61. The number of nitrogens with zero attached hydrogens (tertiary/aromatic N) is 1. The van der Waals surface area contributed by atoms with Gasteiger partial charge in [0.25, 0.3) is 0 Å². The zero-order valence-corrected chi connectivity index (χ0v) is 4.74. The highest BCUT2D eigenvalue weighted by atomic mass is 35.5. The molecular weight excluding hydrogens is 97.5 g/mol. The largest absolute Gasteiger partial charge is 0.279 e. The number of hydrogen-bond donors (Lipinski definition) is 0. The highest BCUT2D eigenvalue weighted by Crippen LogP contribution is 1.90. The Morgan fingerprint density at radius 3 is 2.33 bits per heavy atom. The van der Waals surface area contributed by atoms with Crippen molar-refractivity contribution in [1.82, 2.24) is 0 Å². The van der Waals surface area contributed by atoms with E-state index in [2.05, 4.69) is 4.99 Å². The van der Waals surface area contributed by atoms with E-state index in [0.717, 1.165) is 0 Å². The lowest BCUT2D eigenvalue weighted by Gasteiger charge is -1.85. The number of rotatable bonds is 1. The van der Waals surface area contributed by atoms with Crippen LogP contribution in [-0.2, 0) is 0 Å². The van der Waals surface area contributed by atoms with Gasteiger partial charge >= 0.3 is 0 Å². The van der Waals surface area contributed by atoms with Crippen LogP contribution in [0.4, 0.5) is 0 Å². The fourth-order valence-electron chi connectivity index (χ4n) is 0.205. The van der Waals surface area contributed by atoms with E-state index in [-0.39, 0.29) is 5.50 Å². The van der Waals surface area contributed by atoms with Gasteiger partial charge in [0, 0.05) is 0 Å². The molecule has 1 unspecified atom stereocenters. The molecule has 0 radical (unpaired) electrons. The summed E-state index contributed by atoms with van der Waals surface area (Å²) in [6, 6.07) is 0. The third-order valence-electron chi connectivity index (χ3n) is 0.354. The molecule has 0 spiro atoms. The second-order valence-electron chi connectivity index (χ2n) is 0.981. The maximum Gasteiger partial charge on any atom is 0.120 e. The molecule has 0 N–H and O–H groups in total. The van der Waals surface area contributed by atoms with Gasteiger partial charge in [0.1, 0.15) is 5.50 Å². The summed E-state index contributed by atoms with van der Waals surface area (Å²) in [5, 5.41) is 0. The van der Waals surface area contributed by atoms with Crippen molar-refractivity contribution >= 4 is 17.8 Å². The lowest BCUT2D eigenvalue weighted by Crippen LogP contribution is -1.80. The molecule has 0 aromatic carbocycles. The van der Waals surface area contributed by atoms with Gasteiger partial charge in [-0.3, -0.25) is 4.99 Å². The molecule has 0 aliphatic heterocycles. The zero-order chi connectivity index (χ0) is 4.99. The fraction of sp³-hybridized carbons (Fsp3) is 0.750. The van der Waals surface area contributed by atoms with Crippen LogP contribution in [0.1, 0.15) is 13.8 Å². The molecule has 2 heteroatoms. The number of halogens is 1. The Morgan fingerprint density at radius 2 is 2.33 bits per heavy atom. The standard InChI is InChI=1S/C4H8ClN/c1-3-6-4(2)5/h3-4H,1-2H3. The highest BCUT2D eigenvalue weighted by Gasteiger charge is 1.80. The summed E-state index contributed by atoms with van der Waals surface area (Å²) in [7, 11) is 0. The molecule has 0 heterocycles. The Balaban J connectivity index is 3.03. The minimum atomic E-state index is -0.0602. The SMILES string of the molecule is CC=NC(C)Cl. The maximum atomic E-state index is 5.38. The molecule has 1 nitrogen and oxygen atoms in total. The summed E-state index contributed by atoms with van der Waals surface area (Å²) >= 11 is 5.38. The van der Waals surface area contributed by atoms with E-state index >= 15 is 0 Å². The fourth-order valence-corrected chi connectivity index (χ4v) is 0.318. The van der Waals surface area contributed by atoms with Crippen LogP contribution in [0, 0.1) is 0 Å². The topological polar surface area (TPSA) is 12.4 Å². The maximum absolute atomic E-state index is 5.38. The number of hydrogen-bond acceptors (Lipinski definition) is 1. The predicted molar refractivity (Wildman–Crippen MR) is 29.5 cm³/mol. The molecule has 0 aliphatic carbocycles. The van der Waals surface area contributed by atoms with Crippen LogP contribution >= 0.6 is 11.6 Å². The van der Waals surface area contributed by atoms with E-state index in [4.69, 9.17) is 11.6 Å². The van der Waals surface area contributed by atoms with Crippen molar-refractivity contribution in [2.24, 2.45) is 4.99 Å². The van der Waals surface area contributed by atoms with Crippen molar-refractivity contribution in [3.63, 3.8) is 0 Å². The lowest BCUT2D eigenvalue weighted by atomic mass is 10.7. The summed E-state index contributed by atoms with van der Waals surface area (Å²) in [5.74, 6) is 0. The van der Waals surface area contributed by atoms with Crippen molar-refractivity contribution in [1.29, 1.82) is 0 Å². The summed E-state index contributed by atoms with van der Waals surface area (Å²) in [6.45, 7) is 3.67. The van der Waals surface area contributed by atoms with Gasteiger partial charge in [-0.15, -0.1) is 0 Å². The molecule has 36 valence electrons. The Kier molecular flexibility index (Phi) is 3.14. The van der Waals surface area contributed by atoms with Gasteiger partial charge in [0.15, 0.2) is 0 Å². The zero-order valence-electron chi connectivity index (χ0n) is 3.98. The average molecular weight is 106 g/mol. The van der Waals surface area contributed by atoms with Crippen molar-refractivity contribution in [2.45, 2.75) is 19.3 Å². The van der Waals surface area contributed by atoms with Gasteiger partial charge in [-0.2, -0.15) is 0 Å². The highest BCUT2D eigenvalue weighted by molar-refractivity contribution is 6.20. The first-order valence-corrected chi connectivity index (χ1v) is 2.33. The van der Waals surface area contributed by atoms with Crippen LogP contribution in [0.3, 0.4) is 0 Å². The van der Waals surface area contributed by atoms with Crippen LogP contribution in [0.5, 0.6) is 0 Å². The quantitative estimate of drug-likeness (QED) is 0.273. The van der Waals surface area contributed by atoms with E-state index in [9.17, 15) is 0 Å². The van der Waals surface area contributed by atoms with E-state index in [1.807, 2.05) is 13.8 Å². The molecule has 0 rings (SSSR count). The Morgan fingerprint density at radius 1 is 1.83 bits per heavy atom. The van der Waals surface area contributed by atoms with Gasteiger partial charge in [-0.1, -0.05) is 11.6 Å². The Bertz CT molecular complexity index is 49.5. The van der Waals surface area contributed by atoms with Crippen LogP contribution in [-0.4, -0.2) is 11.7 Å². The van der Waals surface area contributed by atoms with E-state index in [0.29, 0.717) is 0 Å². The molecule has 0 fully saturated rings. The van der Waals surface area contributed by atoms with E-state index in [1.54, 1.807) is 6.21 Å². The summed E-state index contributed by atoms with van der Waals surface area (Å²) in [4.78, 5) is 3.77. The normalized spacial score (nSPS) is 15.8. The average Bonchev–Trinajstić information content (AvgIpc) is 1.35. The van der Waals surface area contributed by atoms with Crippen molar-refractivity contribution < 1.29 is 0 Å². The van der Waals surface area contributed by atoms with E-state index in [1.165, 1.54) is 0 Å². The van der Waals surface area contributed by atoms with Gasteiger partial charge in [-0.25, -0.2) is 0 Å². The first-order chi connectivity index (χ1) is 2.77. The van der Waals surface area contributed by atoms with Gasteiger partial charge in [0.05, 0.1) is 0 Å². The molecule has 6 heavy (non-hydrogen) atoms. The first kappa shape index (κ1) is 5.96. The molecule has 0 aliphatic rings. The van der Waals surface area contributed by atoms with Crippen LogP contribution in [0.25, 0.3) is 0 Å². The van der Waals surface area contributed by atoms with Gasteiger partial charge in [-0.05, 0) is 20.1 Å². The molecule has 0 aromatic heterocycles. The molecule has 0 saturated heterocycles. The monoisotopic (exact) mass is 105 g/mol. The van der Waals surface area contributed by atoms with Crippen LogP contribution in [0.2, 0.25) is 0 Å². The van der Waals surface area contributed by atoms with Crippen molar-refractivity contribution in [3.8, 4) is 0 Å². The van der Waals surface area contributed by atoms with Crippen molar-refractivity contribution in [3.05, 3.63) is 0 Å². The molecule has 0 amide bonds. The Hall–Kier alpha value is -0.0400. The third-order valence-corrected chi connectivity index (χ3v) is 0.467. The first-order valence-electron chi connectivity index (χ1n) is 1.89. The summed E-state index contributed by atoms with van der Waals surface area (Å²) in [5.41, 5.74) is -0.0602. The van der Waals surface area contributed by atoms with Crippen LogP contribution in [0.15, 0.2) is 4.99 Å². The second kappa shape index (κ2) is 3.16. The molecule has 0 aromatic rings. The predicted octanol–water partition coefficient (Wildman–Crippen LogP) is 1.66. The van der Waals surface area contributed by atoms with Crippen molar-refractivity contribution in [2.75, 3.05) is 0 Å². The van der Waals surface area contributed by atoms with Gasteiger partial charge in [0.2, 0.25) is 0 Å². The van der Waals surface area contributed by atoms with Crippen LogP contribution < -0.4 is 0 Å². The van der Waals surface area contributed by atoms with E-state index < -0.39 is 0 Å². The smallest absolute Gasteiger partial charge is 0.120 e. The summed E-state index contributed by atoms with van der Waals surface area (Å²) < 4.78 is 0.